The van der Waals surface area contributed by atoms with E-state index in [1.54, 1.807) is 15.1 Å². The molecule has 1 aromatic carbocycles. The summed E-state index contributed by atoms with van der Waals surface area (Å²) in [6.45, 7) is 3.48. The third-order valence-electron chi connectivity index (χ3n) is 5.14. The largest absolute Gasteiger partial charge is 0.493 e. The molecule has 31 heavy (non-hydrogen) atoms. The van der Waals surface area contributed by atoms with Crippen molar-refractivity contribution in [3.05, 3.63) is 63.4 Å². The molecular weight excluding hydrogens is 426 g/mol. The van der Waals surface area contributed by atoms with E-state index < -0.39 is 11.6 Å². The highest BCUT2D eigenvalue weighted by Gasteiger charge is 2.29. The molecule has 1 aliphatic heterocycles. The second-order valence-corrected chi connectivity index (χ2v) is 8.09. The average Bonchev–Trinajstić information content (AvgIpc) is 3.36. The molecule has 1 aliphatic rings. The molecule has 3 heterocycles. The molecule has 1 saturated heterocycles. The van der Waals surface area contributed by atoms with Gasteiger partial charge in [-0.1, -0.05) is 0 Å². The highest BCUT2D eigenvalue weighted by atomic mass is 32.1. The predicted octanol–water partition coefficient (Wildman–Crippen LogP) is 3.30. The molecule has 7 nitrogen and oxygen atoms in total. The summed E-state index contributed by atoms with van der Waals surface area (Å²) in [5.74, 6) is -1.62. The Labute approximate surface area is 182 Å². The average molecular weight is 448 g/mol. The van der Waals surface area contributed by atoms with E-state index >= 15 is 0 Å². The van der Waals surface area contributed by atoms with Crippen molar-refractivity contribution in [2.24, 2.45) is 7.05 Å². The van der Waals surface area contributed by atoms with Crippen LogP contribution >= 0.6 is 11.3 Å². The summed E-state index contributed by atoms with van der Waals surface area (Å²) in [5.41, 5.74) is 4.06. The minimum absolute atomic E-state index is 0.0376. The van der Waals surface area contributed by atoms with E-state index in [0.717, 1.165) is 29.2 Å². The van der Waals surface area contributed by atoms with Crippen molar-refractivity contribution in [2.75, 3.05) is 26.3 Å². The molecule has 164 valence electrons. The zero-order chi connectivity index (χ0) is 22.0. The van der Waals surface area contributed by atoms with E-state index in [0.29, 0.717) is 31.0 Å². The molecule has 1 atom stereocenters. The number of nitrogens with zero attached hydrogens (tertiary/aromatic N) is 4. The Morgan fingerprint density at radius 3 is 2.90 bits per heavy atom. The third-order valence-corrected chi connectivity index (χ3v) is 6.05. The maximum absolute atomic E-state index is 13.3. The molecule has 0 radical (unpaired) electrons. The minimum Gasteiger partial charge on any atom is -0.493 e. The Hall–Kier alpha value is -2.85. The normalized spacial score (nSPS) is 16.5. The van der Waals surface area contributed by atoms with Crippen LogP contribution in [-0.2, 0) is 18.2 Å². The highest BCUT2D eigenvalue weighted by Crippen LogP contribution is 2.25. The number of amides is 1. The van der Waals surface area contributed by atoms with Crippen molar-refractivity contribution in [3.63, 3.8) is 0 Å². The van der Waals surface area contributed by atoms with Gasteiger partial charge in [0.25, 0.3) is 5.91 Å². The first kappa shape index (κ1) is 21.4. The zero-order valence-corrected chi connectivity index (χ0v) is 18.0. The third kappa shape index (κ3) is 4.75. The molecule has 3 aromatic rings. The van der Waals surface area contributed by atoms with Gasteiger partial charge in [-0.3, -0.25) is 9.48 Å². The molecule has 0 aliphatic carbocycles. The maximum Gasteiger partial charge on any atom is 0.266 e. The number of morpholine rings is 1. The number of benzene rings is 1. The lowest BCUT2D eigenvalue weighted by Gasteiger charge is -2.32. The lowest BCUT2D eigenvalue weighted by molar-refractivity contribution is -0.0248. The van der Waals surface area contributed by atoms with Crippen LogP contribution in [0.1, 0.15) is 32.9 Å². The first-order valence-corrected chi connectivity index (χ1v) is 10.7. The van der Waals surface area contributed by atoms with Gasteiger partial charge >= 0.3 is 0 Å². The summed E-state index contributed by atoms with van der Waals surface area (Å²) in [4.78, 5) is 19.4. The molecule has 0 N–H and O–H groups in total. The molecule has 0 spiro atoms. The van der Waals surface area contributed by atoms with Crippen LogP contribution in [0, 0.1) is 18.6 Å². The molecule has 4 rings (SSSR count). The Balaban J connectivity index is 1.38. The summed E-state index contributed by atoms with van der Waals surface area (Å²) < 4.78 is 39.4. The van der Waals surface area contributed by atoms with Gasteiger partial charge in [-0.15, -0.1) is 11.3 Å². The van der Waals surface area contributed by atoms with Crippen LogP contribution in [0.2, 0.25) is 0 Å². The lowest BCUT2D eigenvalue weighted by Crippen LogP contribution is -2.42. The van der Waals surface area contributed by atoms with Crippen molar-refractivity contribution in [1.29, 1.82) is 0 Å². The number of rotatable bonds is 6. The Morgan fingerprint density at radius 2 is 2.16 bits per heavy atom. The van der Waals surface area contributed by atoms with Crippen LogP contribution in [-0.4, -0.2) is 51.9 Å². The van der Waals surface area contributed by atoms with Gasteiger partial charge < -0.3 is 14.4 Å². The second-order valence-electron chi connectivity index (χ2n) is 7.24. The van der Waals surface area contributed by atoms with Gasteiger partial charge in [0.2, 0.25) is 0 Å². The number of carbonyl (C=O) groups is 1. The second kappa shape index (κ2) is 9.11. The number of thiazole rings is 1. The topological polar surface area (TPSA) is 69.5 Å². The molecule has 0 saturated carbocycles. The van der Waals surface area contributed by atoms with Gasteiger partial charge in [0.1, 0.15) is 16.7 Å². The number of hydrogen-bond donors (Lipinski definition) is 0. The quantitative estimate of drug-likeness (QED) is 0.579. The number of aromatic nitrogens is 3. The van der Waals surface area contributed by atoms with E-state index in [2.05, 4.69) is 10.1 Å². The first-order valence-electron chi connectivity index (χ1n) is 9.84. The molecule has 1 amide bonds. The highest BCUT2D eigenvalue weighted by molar-refractivity contribution is 7.11. The molecule has 2 aromatic heterocycles. The van der Waals surface area contributed by atoms with Gasteiger partial charge in [-0.2, -0.15) is 5.10 Å². The minimum atomic E-state index is -0.942. The standard InChI is InChI=1S/C21H22F2N4O3S/c1-13-20(31-12-24-13)21(28)27-6-8-30-19(11-27)18-9-14(26(2)25-18)5-7-29-15-3-4-16(22)17(23)10-15/h3-4,9-10,12,19H,5-8,11H2,1-2H3. The lowest BCUT2D eigenvalue weighted by atomic mass is 10.1. The van der Waals surface area contributed by atoms with Gasteiger partial charge in [0.05, 0.1) is 36.7 Å². The maximum atomic E-state index is 13.3. The molecule has 10 heteroatoms. The van der Waals surface area contributed by atoms with Crippen LogP contribution in [0.25, 0.3) is 0 Å². The van der Waals surface area contributed by atoms with Crippen LogP contribution < -0.4 is 4.74 Å². The van der Waals surface area contributed by atoms with Crippen molar-refractivity contribution in [1.82, 2.24) is 19.7 Å². The van der Waals surface area contributed by atoms with Gasteiger partial charge in [-0.25, -0.2) is 13.8 Å². The Morgan fingerprint density at radius 1 is 1.32 bits per heavy atom. The van der Waals surface area contributed by atoms with E-state index in [1.165, 1.54) is 17.4 Å². The van der Waals surface area contributed by atoms with Crippen molar-refractivity contribution in [2.45, 2.75) is 19.4 Å². The Kier molecular flexibility index (Phi) is 6.28. The van der Waals surface area contributed by atoms with E-state index in [4.69, 9.17) is 9.47 Å². The number of halogens is 2. The van der Waals surface area contributed by atoms with E-state index in [1.807, 2.05) is 20.0 Å². The molecule has 1 fully saturated rings. The molecule has 0 bridgehead atoms. The summed E-state index contributed by atoms with van der Waals surface area (Å²) in [6, 6.07) is 5.37. The fourth-order valence-corrected chi connectivity index (χ4v) is 4.19. The summed E-state index contributed by atoms with van der Waals surface area (Å²) in [5, 5.41) is 4.54. The summed E-state index contributed by atoms with van der Waals surface area (Å²) in [6.07, 6.45) is 0.204. The zero-order valence-electron chi connectivity index (χ0n) is 17.2. The predicted molar refractivity (Wildman–Crippen MR) is 110 cm³/mol. The van der Waals surface area contributed by atoms with Crippen LogP contribution in [0.4, 0.5) is 8.78 Å². The van der Waals surface area contributed by atoms with Crippen molar-refractivity contribution >= 4 is 17.2 Å². The monoisotopic (exact) mass is 448 g/mol. The molecular formula is C21H22F2N4O3S. The fraction of sp³-hybridized carbons (Fsp3) is 0.381. The fourth-order valence-electron chi connectivity index (χ4n) is 3.43. The Bertz CT molecular complexity index is 1080. The van der Waals surface area contributed by atoms with Crippen molar-refractivity contribution in [3.8, 4) is 5.75 Å². The number of hydrogen-bond acceptors (Lipinski definition) is 6. The first-order chi connectivity index (χ1) is 14.9. The summed E-state index contributed by atoms with van der Waals surface area (Å²) >= 11 is 1.34. The van der Waals surface area contributed by atoms with Crippen LogP contribution in [0.5, 0.6) is 5.75 Å². The van der Waals surface area contributed by atoms with E-state index in [-0.39, 0.29) is 24.4 Å². The van der Waals surface area contributed by atoms with Crippen LogP contribution in [0.15, 0.2) is 29.8 Å². The van der Waals surface area contributed by atoms with Crippen molar-refractivity contribution < 1.29 is 23.0 Å². The number of ether oxygens (including phenoxy) is 2. The molecule has 1 unspecified atom stereocenters. The van der Waals surface area contributed by atoms with Gasteiger partial charge in [0.15, 0.2) is 11.6 Å². The summed E-state index contributed by atoms with van der Waals surface area (Å²) in [7, 11) is 1.82. The van der Waals surface area contributed by atoms with Crippen LogP contribution in [0.3, 0.4) is 0 Å². The van der Waals surface area contributed by atoms with Gasteiger partial charge in [-0.05, 0) is 25.1 Å². The SMILES string of the molecule is Cc1ncsc1C(=O)N1CCOC(c2cc(CCOc3ccc(F)c(F)c3)n(C)n2)C1. The number of aryl methyl sites for hydroxylation is 2. The van der Waals surface area contributed by atoms with Gasteiger partial charge in [0, 0.05) is 31.8 Å². The smallest absolute Gasteiger partial charge is 0.266 e. The van der Waals surface area contributed by atoms with E-state index in [9.17, 15) is 13.6 Å². The number of carbonyl (C=O) groups excluding carboxylic acids is 1.